The van der Waals surface area contributed by atoms with Gasteiger partial charge in [-0.05, 0) is 52.4 Å². The number of carbonyl (C=O) groups excluding carboxylic acids is 1. The van der Waals surface area contributed by atoms with Crippen LogP contribution >= 0.6 is 0 Å². The highest BCUT2D eigenvalue weighted by Crippen LogP contribution is 2.18. The molecule has 7 heteroatoms. The van der Waals surface area contributed by atoms with E-state index in [1.165, 1.54) is 36.1 Å². The molecule has 1 N–H and O–H groups in total. The summed E-state index contributed by atoms with van der Waals surface area (Å²) >= 11 is 0. The Morgan fingerprint density at radius 3 is 1.92 bits per heavy atom. The van der Waals surface area contributed by atoms with Crippen molar-refractivity contribution in [3.63, 3.8) is 0 Å². The van der Waals surface area contributed by atoms with Gasteiger partial charge in [0.1, 0.15) is 17.9 Å². The second kappa shape index (κ2) is 11.7. The van der Waals surface area contributed by atoms with Gasteiger partial charge >= 0.3 is 0 Å². The molecule has 0 fully saturated rings. The minimum absolute atomic E-state index is 0.176. The summed E-state index contributed by atoms with van der Waals surface area (Å²) in [6.07, 6.45) is 1.34. The van der Waals surface area contributed by atoms with Crippen LogP contribution in [0, 0.1) is 11.6 Å². The van der Waals surface area contributed by atoms with Crippen molar-refractivity contribution in [2.24, 2.45) is 0 Å². The van der Waals surface area contributed by atoms with E-state index in [0.717, 1.165) is 16.7 Å². The minimum atomic E-state index is -0.372. The number of amides is 1. The lowest BCUT2D eigenvalue weighted by molar-refractivity contribution is 0.0945. The molecule has 4 aromatic rings. The molecule has 36 heavy (non-hydrogen) atoms. The second-order valence-corrected chi connectivity index (χ2v) is 9.10. The fraction of sp³-hybridized carbons (Fsp3) is 0.241. The van der Waals surface area contributed by atoms with E-state index in [1.807, 2.05) is 0 Å². The van der Waals surface area contributed by atoms with Crippen molar-refractivity contribution in [1.82, 2.24) is 15.2 Å². The van der Waals surface area contributed by atoms with Gasteiger partial charge in [0.2, 0.25) is 5.89 Å². The number of nitrogens with zero attached hydrogens (tertiary/aromatic N) is 2. The summed E-state index contributed by atoms with van der Waals surface area (Å²) in [6, 6.07) is 20.8. The molecule has 0 unspecified atom stereocenters. The normalized spacial score (nSPS) is 11.3. The van der Waals surface area contributed by atoms with E-state index in [9.17, 15) is 13.6 Å². The molecule has 1 amide bonds. The molecule has 1 aromatic heterocycles. The van der Waals surface area contributed by atoms with Crippen molar-refractivity contribution in [2.75, 3.05) is 0 Å². The minimum Gasteiger partial charge on any atom is -0.447 e. The van der Waals surface area contributed by atoms with Gasteiger partial charge < -0.3 is 9.73 Å². The second-order valence-electron chi connectivity index (χ2n) is 9.10. The van der Waals surface area contributed by atoms with Crippen molar-refractivity contribution >= 4 is 5.91 Å². The molecule has 0 atom stereocenters. The molecule has 1 heterocycles. The summed E-state index contributed by atoms with van der Waals surface area (Å²) in [5.74, 6) is -0.119. The van der Waals surface area contributed by atoms with Crippen LogP contribution in [0.1, 0.15) is 58.4 Å². The van der Waals surface area contributed by atoms with Crippen molar-refractivity contribution in [1.29, 1.82) is 0 Å². The Kier molecular flexibility index (Phi) is 8.23. The van der Waals surface area contributed by atoms with E-state index < -0.39 is 0 Å². The van der Waals surface area contributed by atoms with Crippen LogP contribution in [0.25, 0.3) is 0 Å². The Balaban J connectivity index is 1.43. The molecule has 0 spiro atoms. The average molecular weight is 490 g/mol. The number of benzene rings is 3. The van der Waals surface area contributed by atoms with Crippen LogP contribution in [0.4, 0.5) is 8.78 Å². The average Bonchev–Trinajstić information content (AvgIpc) is 3.34. The number of nitrogens with one attached hydrogen (secondary N) is 1. The zero-order valence-electron chi connectivity index (χ0n) is 20.4. The highest BCUT2D eigenvalue weighted by molar-refractivity contribution is 5.91. The molecule has 0 aliphatic rings. The molecule has 3 aromatic carbocycles. The molecular weight excluding hydrogens is 460 g/mol. The van der Waals surface area contributed by atoms with Gasteiger partial charge in [-0.15, -0.1) is 0 Å². The third-order valence-electron chi connectivity index (χ3n) is 5.88. The van der Waals surface area contributed by atoms with Crippen molar-refractivity contribution < 1.29 is 18.0 Å². The first-order valence-corrected chi connectivity index (χ1v) is 11.9. The predicted molar refractivity (Wildman–Crippen MR) is 134 cm³/mol. The molecule has 0 aliphatic carbocycles. The first kappa shape index (κ1) is 25.3. The quantitative estimate of drug-likeness (QED) is 0.288. The number of halogens is 2. The zero-order valence-corrected chi connectivity index (χ0v) is 20.4. The SMILES string of the molecule is CC(C)c1ccc(CN(Cc2ccc(F)cc2)Cc2nc(C(=O)NCc3ccc(F)cc3)co2)cc1. The van der Waals surface area contributed by atoms with Gasteiger partial charge in [-0.25, -0.2) is 13.8 Å². The first-order chi connectivity index (χ1) is 17.4. The Labute approximate surface area is 209 Å². The van der Waals surface area contributed by atoms with Crippen molar-refractivity contribution in [3.8, 4) is 0 Å². The smallest absolute Gasteiger partial charge is 0.273 e. The maximum atomic E-state index is 13.4. The summed E-state index contributed by atoms with van der Waals surface area (Å²) in [5, 5.41) is 2.77. The van der Waals surface area contributed by atoms with Crippen LogP contribution in [0.5, 0.6) is 0 Å². The summed E-state index contributed by atoms with van der Waals surface area (Å²) in [4.78, 5) is 19.0. The number of aromatic nitrogens is 1. The fourth-order valence-electron chi connectivity index (χ4n) is 3.84. The molecule has 0 saturated carbocycles. The van der Waals surface area contributed by atoms with E-state index in [1.54, 1.807) is 24.3 Å². The summed E-state index contributed by atoms with van der Waals surface area (Å²) < 4.78 is 32.1. The molecule has 4 rings (SSSR count). The number of carbonyl (C=O) groups is 1. The van der Waals surface area contributed by atoms with E-state index in [0.29, 0.717) is 31.4 Å². The van der Waals surface area contributed by atoms with Gasteiger partial charge in [0.25, 0.3) is 5.91 Å². The van der Waals surface area contributed by atoms with Crippen LogP contribution in [0.3, 0.4) is 0 Å². The van der Waals surface area contributed by atoms with Gasteiger partial charge in [-0.2, -0.15) is 0 Å². The van der Waals surface area contributed by atoms with Gasteiger partial charge in [-0.3, -0.25) is 9.69 Å². The number of hydrogen-bond donors (Lipinski definition) is 1. The standard InChI is InChI=1S/C29H29F2N3O2/c1-20(2)24-9-3-22(4-10-24)16-34(17-23-7-13-26(31)14-8-23)18-28-33-27(19-36-28)29(35)32-15-21-5-11-25(30)12-6-21/h3-14,19-20H,15-18H2,1-2H3,(H,32,35). The molecule has 0 saturated heterocycles. The van der Waals surface area contributed by atoms with Crippen molar-refractivity contribution in [2.45, 2.75) is 45.9 Å². The molecule has 0 bridgehead atoms. The Morgan fingerprint density at radius 2 is 1.36 bits per heavy atom. The molecule has 0 aliphatic heterocycles. The highest BCUT2D eigenvalue weighted by atomic mass is 19.1. The topological polar surface area (TPSA) is 58.4 Å². The van der Waals surface area contributed by atoms with Crippen molar-refractivity contribution in [3.05, 3.63) is 125 Å². The maximum Gasteiger partial charge on any atom is 0.273 e. The highest BCUT2D eigenvalue weighted by Gasteiger charge is 2.16. The number of oxazole rings is 1. The molecule has 0 radical (unpaired) electrons. The Morgan fingerprint density at radius 1 is 0.833 bits per heavy atom. The monoisotopic (exact) mass is 489 g/mol. The lowest BCUT2D eigenvalue weighted by Gasteiger charge is -2.21. The van der Waals surface area contributed by atoms with E-state index in [2.05, 4.69) is 53.3 Å². The zero-order chi connectivity index (χ0) is 25.5. The molecular formula is C29H29F2N3O2. The summed E-state index contributed by atoms with van der Waals surface area (Å²) in [7, 11) is 0. The fourth-order valence-corrected chi connectivity index (χ4v) is 3.84. The third-order valence-corrected chi connectivity index (χ3v) is 5.88. The van der Waals surface area contributed by atoms with Gasteiger partial charge in [0.05, 0.1) is 6.54 Å². The number of rotatable bonds is 10. The van der Waals surface area contributed by atoms with Gasteiger partial charge in [-0.1, -0.05) is 62.4 Å². The largest absolute Gasteiger partial charge is 0.447 e. The maximum absolute atomic E-state index is 13.4. The Hall–Kier alpha value is -3.84. The van der Waals surface area contributed by atoms with Gasteiger partial charge in [0.15, 0.2) is 5.69 Å². The number of hydrogen-bond acceptors (Lipinski definition) is 4. The molecule has 186 valence electrons. The predicted octanol–water partition coefficient (Wildman–Crippen LogP) is 6.21. The lowest BCUT2D eigenvalue weighted by Crippen LogP contribution is -2.24. The first-order valence-electron chi connectivity index (χ1n) is 11.9. The van der Waals surface area contributed by atoms with E-state index in [4.69, 9.17) is 4.42 Å². The van der Waals surface area contributed by atoms with Crippen LogP contribution < -0.4 is 5.32 Å². The Bertz CT molecular complexity index is 1270. The lowest BCUT2D eigenvalue weighted by atomic mass is 10.0. The van der Waals surface area contributed by atoms with Crippen LogP contribution in [-0.2, 0) is 26.2 Å². The van der Waals surface area contributed by atoms with Crippen LogP contribution in [-0.4, -0.2) is 15.8 Å². The van der Waals surface area contributed by atoms with Gasteiger partial charge in [0, 0.05) is 19.6 Å². The van der Waals surface area contributed by atoms with E-state index >= 15 is 0 Å². The summed E-state index contributed by atoms with van der Waals surface area (Å²) in [5.41, 5.74) is 4.31. The van der Waals surface area contributed by atoms with Crippen LogP contribution in [0.2, 0.25) is 0 Å². The molecule has 5 nitrogen and oxygen atoms in total. The summed E-state index contributed by atoms with van der Waals surface area (Å²) in [6.45, 7) is 6.13. The van der Waals surface area contributed by atoms with E-state index in [-0.39, 0.29) is 29.8 Å². The third kappa shape index (κ3) is 7.09. The van der Waals surface area contributed by atoms with Crippen LogP contribution in [0.15, 0.2) is 83.5 Å².